The summed E-state index contributed by atoms with van der Waals surface area (Å²) in [4.78, 5) is 54.4. The Morgan fingerprint density at radius 1 is 0.943 bits per heavy atom. The van der Waals surface area contributed by atoms with Crippen molar-refractivity contribution in [3.8, 4) is 0 Å². The fraction of sp³-hybridized carbons (Fsp3) is 0.357. The molecule has 0 unspecified atom stereocenters. The lowest BCUT2D eigenvalue weighted by Crippen LogP contribution is -2.54. The summed E-state index contributed by atoms with van der Waals surface area (Å²) in [5, 5.41) is 0. The van der Waals surface area contributed by atoms with E-state index in [9.17, 15) is 19.2 Å². The van der Waals surface area contributed by atoms with Crippen molar-refractivity contribution in [1.82, 2.24) is 9.80 Å². The van der Waals surface area contributed by atoms with Gasteiger partial charge in [0.15, 0.2) is 6.23 Å². The molecule has 2 aromatic rings. The van der Waals surface area contributed by atoms with E-state index in [0.29, 0.717) is 23.1 Å². The topological polar surface area (TPSA) is 84.0 Å². The minimum atomic E-state index is -1.18. The molecule has 2 aromatic carbocycles. The second-order valence-electron chi connectivity index (χ2n) is 10.2. The summed E-state index contributed by atoms with van der Waals surface area (Å²) in [5.41, 5.74) is -0.331. The molecule has 0 saturated carbocycles. The van der Waals surface area contributed by atoms with Crippen LogP contribution in [0.15, 0.2) is 66.7 Å². The Hall–Kier alpha value is -3.74. The Bertz CT molecular complexity index is 1160. The number of fused-ring (bicyclic) bond motifs is 1. The molecule has 35 heavy (non-hydrogen) atoms. The zero-order valence-corrected chi connectivity index (χ0v) is 20.5. The molecule has 3 amide bonds. The van der Waals surface area contributed by atoms with Crippen molar-refractivity contribution in [3.05, 3.63) is 83.4 Å². The van der Waals surface area contributed by atoms with E-state index < -0.39 is 23.2 Å². The van der Waals surface area contributed by atoms with E-state index in [4.69, 9.17) is 4.74 Å². The first-order chi connectivity index (χ1) is 16.6. The second kappa shape index (κ2) is 9.13. The van der Waals surface area contributed by atoms with Gasteiger partial charge in [-0.05, 0) is 44.0 Å². The Labute approximate surface area is 205 Å². The number of hydrogen-bond acceptors (Lipinski definition) is 5. The molecular weight excluding hydrogens is 444 g/mol. The van der Waals surface area contributed by atoms with Crippen LogP contribution in [0.4, 0.5) is 0 Å². The first-order valence-corrected chi connectivity index (χ1v) is 11.8. The van der Waals surface area contributed by atoms with Crippen molar-refractivity contribution in [2.24, 2.45) is 5.41 Å². The number of rotatable bonds is 6. The van der Waals surface area contributed by atoms with Gasteiger partial charge in [0.1, 0.15) is 5.54 Å². The molecule has 0 aliphatic carbocycles. The van der Waals surface area contributed by atoms with Gasteiger partial charge >= 0.3 is 5.97 Å². The maximum atomic E-state index is 13.5. The molecule has 2 heterocycles. The number of imide groups is 1. The quantitative estimate of drug-likeness (QED) is 0.351. The zero-order chi connectivity index (χ0) is 25.4. The van der Waals surface area contributed by atoms with E-state index >= 15 is 0 Å². The highest BCUT2D eigenvalue weighted by molar-refractivity contribution is 6.21. The number of amides is 3. The number of hydrogen-bond donors (Lipinski definition) is 0. The number of cyclic esters (lactones) is 1. The maximum Gasteiger partial charge on any atom is 0.334 e. The molecule has 0 aromatic heterocycles. The number of carbonyl (C=O) groups excluding carboxylic acids is 4. The number of esters is 1. The van der Waals surface area contributed by atoms with Gasteiger partial charge in [-0.3, -0.25) is 24.2 Å². The van der Waals surface area contributed by atoms with Gasteiger partial charge in [-0.2, -0.15) is 0 Å². The Balaban J connectivity index is 1.48. The highest BCUT2D eigenvalue weighted by Crippen LogP contribution is 2.40. The number of carbonyl (C=O) groups is 4. The summed E-state index contributed by atoms with van der Waals surface area (Å²) >= 11 is 0. The summed E-state index contributed by atoms with van der Waals surface area (Å²) in [6.45, 7) is 7.75. The molecule has 0 bridgehead atoms. The van der Waals surface area contributed by atoms with Crippen molar-refractivity contribution in [3.63, 3.8) is 0 Å². The van der Waals surface area contributed by atoms with E-state index in [2.05, 4.69) is 0 Å². The van der Waals surface area contributed by atoms with Crippen LogP contribution in [0.3, 0.4) is 0 Å². The average Bonchev–Trinajstić information content (AvgIpc) is 3.24. The smallest absolute Gasteiger partial charge is 0.334 e. The molecule has 0 radical (unpaired) electrons. The largest absolute Gasteiger partial charge is 0.439 e. The van der Waals surface area contributed by atoms with Crippen LogP contribution in [-0.4, -0.2) is 51.8 Å². The van der Waals surface area contributed by atoms with Gasteiger partial charge in [0, 0.05) is 17.5 Å². The van der Waals surface area contributed by atoms with Crippen LogP contribution < -0.4 is 0 Å². The van der Waals surface area contributed by atoms with E-state index in [0.717, 1.165) is 0 Å². The maximum absolute atomic E-state index is 13.5. The Kier molecular flexibility index (Phi) is 6.36. The standard InChI is InChI=1S/C28H30N2O5/c1-27(2,3)25-30(22(31)19-13-7-5-8-14-19)28(4,26(34)35-25)17-11-6-12-18-29-23(32)20-15-9-10-16-21(20)24(29)33/h5-11,13-16,25H,12,17-18H2,1-4H3/t25-,28+/m1/s1. The number of ether oxygens (including phenoxy) is 1. The third kappa shape index (κ3) is 4.38. The molecule has 2 aliphatic rings. The van der Waals surface area contributed by atoms with Crippen LogP contribution in [0.5, 0.6) is 0 Å². The van der Waals surface area contributed by atoms with Gasteiger partial charge in [-0.15, -0.1) is 0 Å². The predicted octanol–water partition coefficient (Wildman–Crippen LogP) is 4.45. The fourth-order valence-corrected chi connectivity index (χ4v) is 4.51. The van der Waals surface area contributed by atoms with Crippen LogP contribution in [0.1, 0.15) is 71.6 Å². The van der Waals surface area contributed by atoms with Crippen molar-refractivity contribution in [2.45, 2.75) is 52.3 Å². The molecule has 182 valence electrons. The van der Waals surface area contributed by atoms with Gasteiger partial charge in [0.05, 0.1) is 11.1 Å². The average molecular weight is 475 g/mol. The first kappa shape index (κ1) is 24.4. The zero-order valence-electron chi connectivity index (χ0n) is 20.5. The molecule has 0 spiro atoms. The molecule has 7 nitrogen and oxygen atoms in total. The molecular formula is C28H30N2O5. The van der Waals surface area contributed by atoms with Crippen LogP contribution in [0.2, 0.25) is 0 Å². The number of benzene rings is 2. The highest BCUT2D eigenvalue weighted by Gasteiger charge is 2.57. The lowest BCUT2D eigenvalue weighted by molar-refractivity contribution is -0.148. The summed E-state index contributed by atoms with van der Waals surface area (Å²) in [6, 6.07) is 15.6. The lowest BCUT2D eigenvalue weighted by Gasteiger charge is -2.38. The van der Waals surface area contributed by atoms with E-state index in [1.165, 1.54) is 4.90 Å². The summed E-state index contributed by atoms with van der Waals surface area (Å²) < 4.78 is 5.73. The highest BCUT2D eigenvalue weighted by atomic mass is 16.6. The molecule has 4 rings (SSSR count). The van der Waals surface area contributed by atoms with Gasteiger partial charge < -0.3 is 4.74 Å². The molecule has 0 N–H and O–H groups in total. The summed E-state index contributed by atoms with van der Waals surface area (Å²) in [7, 11) is 0. The third-order valence-electron chi connectivity index (χ3n) is 6.48. The van der Waals surface area contributed by atoms with Crippen LogP contribution >= 0.6 is 0 Å². The van der Waals surface area contributed by atoms with Gasteiger partial charge in [-0.1, -0.05) is 63.3 Å². The molecule has 2 atom stereocenters. The normalized spacial score (nSPS) is 22.2. The van der Waals surface area contributed by atoms with Gasteiger partial charge in [-0.25, -0.2) is 4.79 Å². The van der Waals surface area contributed by atoms with Gasteiger partial charge in [0.25, 0.3) is 17.7 Å². The SMILES string of the molecule is CC(C)(C)[C@H]1OC(=O)[C@](C)(CC=CCCN2C(=O)c3ccccc3C2=O)N1C(=O)c1ccccc1. The second-order valence-corrected chi connectivity index (χ2v) is 10.2. The predicted molar refractivity (Wildman–Crippen MR) is 131 cm³/mol. The minimum Gasteiger partial charge on any atom is -0.439 e. The lowest BCUT2D eigenvalue weighted by atomic mass is 9.89. The summed E-state index contributed by atoms with van der Waals surface area (Å²) in [6.07, 6.45) is 3.62. The molecule has 2 aliphatic heterocycles. The monoisotopic (exact) mass is 474 g/mol. The third-order valence-corrected chi connectivity index (χ3v) is 6.48. The van der Waals surface area contributed by atoms with E-state index in [1.807, 2.05) is 39.0 Å². The molecule has 1 fully saturated rings. The number of nitrogens with zero attached hydrogens (tertiary/aromatic N) is 2. The summed E-state index contributed by atoms with van der Waals surface area (Å²) in [5.74, 6) is -1.30. The minimum absolute atomic E-state index is 0.237. The van der Waals surface area contributed by atoms with Crippen molar-refractivity contribution >= 4 is 23.7 Å². The van der Waals surface area contributed by atoms with Crippen molar-refractivity contribution < 1.29 is 23.9 Å². The Morgan fingerprint density at radius 3 is 2.09 bits per heavy atom. The van der Waals surface area contributed by atoms with Crippen LogP contribution in [0.25, 0.3) is 0 Å². The van der Waals surface area contributed by atoms with Crippen molar-refractivity contribution in [1.29, 1.82) is 0 Å². The van der Waals surface area contributed by atoms with Gasteiger partial charge in [0.2, 0.25) is 0 Å². The van der Waals surface area contributed by atoms with E-state index in [1.54, 1.807) is 60.4 Å². The van der Waals surface area contributed by atoms with E-state index in [-0.39, 0.29) is 30.7 Å². The Morgan fingerprint density at radius 2 is 1.51 bits per heavy atom. The fourth-order valence-electron chi connectivity index (χ4n) is 4.51. The first-order valence-electron chi connectivity index (χ1n) is 11.8. The molecule has 7 heteroatoms. The van der Waals surface area contributed by atoms with Crippen LogP contribution in [-0.2, 0) is 9.53 Å². The molecule has 1 saturated heterocycles. The van der Waals surface area contributed by atoms with Crippen LogP contribution in [0, 0.1) is 5.41 Å². The van der Waals surface area contributed by atoms with Crippen molar-refractivity contribution in [2.75, 3.05) is 6.54 Å².